The number of imide groups is 1. The summed E-state index contributed by atoms with van der Waals surface area (Å²) in [7, 11) is 0. The summed E-state index contributed by atoms with van der Waals surface area (Å²) < 4.78 is 6.94. The van der Waals surface area contributed by atoms with E-state index < -0.39 is 17.7 Å². The van der Waals surface area contributed by atoms with Crippen LogP contribution in [-0.2, 0) is 6.54 Å². The van der Waals surface area contributed by atoms with Gasteiger partial charge in [-0.15, -0.1) is 16.4 Å². The van der Waals surface area contributed by atoms with Crippen molar-refractivity contribution in [3.05, 3.63) is 94.3 Å². The lowest BCUT2D eigenvalue weighted by atomic mass is 10.1. The second-order valence-electron chi connectivity index (χ2n) is 8.11. The van der Waals surface area contributed by atoms with Gasteiger partial charge in [-0.05, 0) is 37.3 Å². The van der Waals surface area contributed by atoms with Crippen LogP contribution in [0.5, 0.6) is 0 Å². The van der Waals surface area contributed by atoms with E-state index in [1.165, 1.54) is 35.8 Å². The zero-order valence-corrected chi connectivity index (χ0v) is 19.2. The van der Waals surface area contributed by atoms with Crippen molar-refractivity contribution in [3.63, 3.8) is 0 Å². The SMILES string of the molecule is Cc1ccc(-c2csc3nc(NC(=O)c4ccc5c(c4)C(=O)N(Cc4ccco4)C5=O)nn23)cc1. The Balaban J connectivity index is 1.23. The number of aromatic nitrogens is 3. The van der Waals surface area contributed by atoms with E-state index in [0.717, 1.165) is 21.7 Å². The van der Waals surface area contributed by atoms with Crippen LogP contribution in [0.3, 0.4) is 0 Å². The van der Waals surface area contributed by atoms with Crippen LogP contribution in [0.25, 0.3) is 16.2 Å². The normalized spacial score (nSPS) is 13.0. The van der Waals surface area contributed by atoms with Crippen LogP contribution in [-0.4, -0.2) is 37.2 Å². The van der Waals surface area contributed by atoms with Crippen molar-refractivity contribution in [3.8, 4) is 11.3 Å². The van der Waals surface area contributed by atoms with Gasteiger partial charge >= 0.3 is 0 Å². The summed E-state index contributed by atoms with van der Waals surface area (Å²) in [5.74, 6) is -0.731. The molecular weight excluding hydrogens is 466 g/mol. The molecule has 1 aliphatic heterocycles. The van der Waals surface area contributed by atoms with Crippen LogP contribution >= 0.6 is 11.3 Å². The van der Waals surface area contributed by atoms with Gasteiger partial charge in [0.1, 0.15) is 5.76 Å². The van der Waals surface area contributed by atoms with E-state index in [-0.39, 0.29) is 29.2 Å². The van der Waals surface area contributed by atoms with Gasteiger partial charge in [-0.1, -0.05) is 29.8 Å². The number of aryl methyl sites for hydroxylation is 1. The topological polar surface area (TPSA) is 110 Å². The predicted octanol–water partition coefficient (Wildman–Crippen LogP) is 4.41. The highest BCUT2D eigenvalue weighted by atomic mass is 32.1. The number of nitrogens with one attached hydrogen (secondary N) is 1. The molecule has 4 heterocycles. The van der Waals surface area contributed by atoms with Crippen molar-refractivity contribution in [1.82, 2.24) is 19.5 Å². The summed E-state index contributed by atoms with van der Waals surface area (Å²) in [6, 6.07) is 15.9. The average Bonchev–Trinajstić information content (AvgIpc) is 3.63. The molecule has 3 aromatic heterocycles. The maximum absolute atomic E-state index is 12.9. The second kappa shape index (κ2) is 8.03. The first kappa shape index (κ1) is 21.0. The van der Waals surface area contributed by atoms with Crippen molar-refractivity contribution in [1.29, 1.82) is 0 Å². The fourth-order valence-corrected chi connectivity index (χ4v) is 4.80. The quantitative estimate of drug-likeness (QED) is 0.371. The van der Waals surface area contributed by atoms with Gasteiger partial charge in [-0.25, -0.2) is 4.52 Å². The van der Waals surface area contributed by atoms with E-state index in [1.807, 2.05) is 36.6 Å². The number of nitrogens with zero attached hydrogens (tertiary/aromatic N) is 4. The van der Waals surface area contributed by atoms with Gasteiger partial charge in [0, 0.05) is 16.5 Å². The van der Waals surface area contributed by atoms with Gasteiger partial charge < -0.3 is 4.42 Å². The van der Waals surface area contributed by atoms with Crippen LogP contribution in [0.1, 0.15) is 42.4 Å². The van der Waals surface area contributed by atoms with Crippen molar-refractivity contribution in [2.24, 2.45) is 0 Å². The van der Waals surface area contributed by atoms with Crippen molar-refractivity contribution in [2.75, 3.05) is 5.32 Å². The number of furan rings is 1. The minimum atomic E-state index is -0.479. The number of fused-ring (bicyclic) bond motifs is 2. The van der Waals surface area contributed by atoms with E-state index >= 15 is 0 Å². The van der Waals surface area contributed by atoms with Crippen LogP contribution in [0.15, 0.2) is 70.7 Å². The summed E-state index contributed by atoms with van der Waals surface area (Å²) in [6.07, 6.45) is 1.48. The molecule has 0 fully saturated rings. The van der Waals surface area contributed by atoms with Crippen molar-refractivity contribution in [2.45, 2.75) is 13.5 Å². The van der Waals surface area contributed by atoms with Gasteiger partial charge in [-0.3, -0.25) is 24.6 Å². The Morgan fingerprint density at radius 1 is 1.06 bits per heavy atom. The molecule has 0 bridgehead atoms. The molecule has 5 aromatic rings. The van der Waals surface area contributed by atoms with E-state index in [4.69, 9.17) is 4.42 Å². The molecule has 0 atom stereocenters. The van der Waals surface area contributed by atoms with Crippen molar-refractivity contribution < 1.29 is 18.8 Å². The molecule has 1 aliphatic rings. The molecular formula is C25H17N5O4S. The van der Waals surface area contributed by atoms with Gasteiger partial charge in [-0.2, -0.15) is 4.98 Å². The lowest BCUT2D eigenvalue weighted by molar-refractivity contribution is 0.0631. The maximum Gasteiger partial charge on any atom is 0.261 e. The molecule has 172 valence electrons. The number of rotatable bonds is 5. The number of hydrogen-bond donors (Lipinski definition) is 1. The van der Waals surface area contributed by atoms with Crippen LogP contribution in [0.4, 0.5) is 5.95 Å². The summed E-state index contributed by atoms with van der Waals surface area (Å²) in [5, 5.41) is 9.08. The van der Waals surface area contributed by atoms with Crippen LogP contribution in [0.2, 0.25) is 0 Å². The third-order valence-corrected chi connectivity index (χ3v) is 6.60. The maximum atomic E-state index is 12.9. The summed E-state index contributed by atoms with van der Waals surface area (Å²) in [4.78, 5) is 44.6. The largest absolute Gasteiger partial charge is 0.467 e. The Morgan fingerprint density at radius 2 is 1.86 bits per heavy atom. The number of anilines is 1. The third-order valence-electron chi connectivity index (χ3n) is 5.78. The first-order valence-electron chi connectivity index (χ1n) is 10.7. The number of thiazole rings is 1. The Labute approximate surface area is 202 Å². The summed E-state index contributed by atoms with van der Waals surface area (Å²) in [5.41, 5.74) is 3.67. The third kappa shape index (κ3) is 3.60. The highest BCUT2D eigenvalue weighted by Crippen LogP contribution is 2.28. The minimum absolute atomic E-state index is 0.0273. The van der Waals surface area contributed by atoms with Crippen molar-refractivity contribution >= 4 is 40.0 Å². The second-order valence-corrected chi connectivity index (χ2v) is 8.94. The first-order chi connectivity index (χ1) is 17.0. The Hall–Kier alpha value is -4.57. The predicted molar refractivity (Wildman–Crippen MR) is 128 cm³/mol. The smallest absolute Gasteiger partial charge is 0.261 e. The molecule has 3 amide bonds. The van der Waals surface area contributed by atoms with Gasteiger partial charge in [0.15, 0.2) is 0 Å². The molecule has 0 aliphatic carbocycles. The molecule has 1 N–H and O–H groups in total. The highest BCUT2D eigenvalue weighted by Gasteiger charge is 2.36. The lowest BCUT2D eigenvalue weighted by Crippen LogP contribution is -2.28. The molecule has 0 radical (unpaired) electrons. The Kier molecular flexibility index (Phi) is 4.82. The summed E-state index contributed by atoms with van der Waals surface area (Å²) >= 11 is 1.42. The standard InChI is InChI=1S/C25H17N5O4S/c1-14-4-6-15(7-5-14)20-13-35-25-27-24(28-30(20)25)26-21(31)16-8-9-18-19(11-16)23(33)29(22(18)32)12-17-3-2-10-34-17/h2-11,13H,12H2,1H3,(H,26,28,31). The zero-order chi connectivity index (χ0) is 24.1. The Morgan fingerprint density at radius 3 is 2.63 bits per heavy atom. The molecule has 2 aromatic carbocycles. The average molecular weight is 484 g/mol. The Bertz CT molecular complexity index is 1620. The number of benzene rings is 2. The minimum Gasteiger partial charge on any atom is -0.467 e. The van der Waals surface area contributed by atoms with E-state index in [0.29, 0.717) is 10.7 Å². The van der Waals surface area contributed by atoms with Crippen LogP contribution in [0, 0.1) is 6.92 Å². The fraction of sp³-hybridized carbons (Fsp3) is 0.0800. The zero-order valence-electron chi connectivity index (χ0n) is 18.4. The number of carbonyl (C=O) groups excluding carboxylic acids is 3. The molecule has 0 spiro atoms. The number of amides is 3. The number of hydrogen-bond acceptors (Lipinski definition) is 7. The lowest BCUT2D eigenvalue weighted by Gasteiger charge is -2.11. The van der Waals surface area contributed by atoms with Gasteiger partial charge in [0.25, 0.3) is 23.7 Å². The first-order valence-corrected chi connectivity index (χ1v) is 11.6. The molecule has 35 heavy (non-hydrogen) atoms. The molecule has 0 saturated heterocycles. The van der Waals surface area contributed by atoms with Crippen LogP contribution < -0.4 is 5.32 Å². The van der Waals surface area contributed by atoms with Gasteiger partial charge in [0.2, 0.25) is 4.96 Å². The monoisotopic (exact) mass is 483 g/mol. The fourth-order valence-electron chi connectivity index (χ4n) is 3.96. The highest BCUT2D eigenvalue weighted by molar-refractivity contribution is 7.15. The summed E-state index contributed by atoms with van der Waals surface area (Å²) in [6.45, 7) is 2.05. The van der Waals surface area contributed by atoms with E-state index in [2.05, 4.69) is 15.4 Å². The van der Waals surface area contributed by atoms with E-state index in [1.54, 1.807) is 16.6 Å². The molecule has 9 nitrogen and oxygen atoms in total. The van der Waals surface area contributed by atoms with E-state index in [9.17, 15) is 14.4 Å². The molecule has 6 rings (SSSR count). The molecule has 0 unspecified atom stereocenters. The molecule has 0 saturated carbocycles. The van der Waals surface area contributed by atoms with Gasteiger partial charge in [0.05, 0.1) is 29.6 Å². The molecule has 10 heteroatoms. The number of carbonyl (C=O) groups is 3.